The molecule has 8 heteroatoms. The van der Waals surface area contributed by atoms with E-state index >= 15 is 0 Å². The summed E-state index contributed by atoms with van der Waals surface area (Å²) in [6, 6.07) is 15.0. The van der Waals surface area contributed by atoms with Crippen LogP contribution in [0.15, 0.2) is 54.6 Å². The lowest BCUT2D eigenvalue weighted by molar-refractivity contribution is -0.145. The van der Waals surface area contributed by atoms with Crippen LogP contribution < -0.4 is 10.1 Å². The number of benzene rings is 2. The van der Waals surface area contributed by atoms with Crippen LogP contribution in [0.3, 0.4) is 0 Å². The molecule has 2 aromatic rings. The van der Waals surface area contributed by atoms with Gasteiger partial charge in [-0.15, -0.1) is 0 Å². The zero-order valence-corrected chi connectivity index (χ0v) is 17.8. The highest BCUT2D eigenvalue weighted by molar-refractivity contribution is 6.45. The standard InChI is InChI=1S/C24H25N3O5/c1-16-7-5-6-10-20(16)27-23(30)22(29)26(24(27)31)15-21(28)25-17-11-13-19(14-12-17)32-18-8-3-2-4-9-18/h2-4,8-9,11-14,16,20H,5-7,10,15H2,1H3,(H,25,28)/t16-,20+/m1/s1. The van der Waals surface area contributed by atoms with Crippen LogP contribution in [-0.4, -0.2) is 46.1 Å². The third-order valence-corrected chi connectivity index (χ3v) is 5.90. The molecule has 166 valence electrons. The number of para-hydroxylation sites is 1. The van der Waals surface area contributed by atoms with Gasteiger partial charge >= 0.3 is 17.8 Å². The van der Waals surface area contributed by atoms with Crippen molar-refractivity contribution in [1.29, 1.82) is 0 Å². The van der Waals surface area contributed by atoms with Gasteiger partial charge in [0.25, 0.3) is 0 Å². The zero-order valence-electron chi connectivity index (χ0n) is 17.8. The minimum atomic E-state index is -0.950. The highest BCUT2D eigenvalue weighted by Crippen LogP contribution is 2.31. The average Bonchev–Trinajstić information content (AvgIpc) is 2.99. The van der Waals surface area contributed by atoms with Gasteiger partial charge in [0, 0.05) is 11.7 Å². The molecule has 2 fully saturated rings. The molecule has 0 spiro atoms. The van der Waals surface area contributed by atoms with Crippen molar-refractivity contribution in [3.05, 3.63) is 54.6 Å². The van der Waals surface area contributed by atoms with Crippen molar-refractivity contribution < 1.29 is 23.9 Å². The number of nitrogens with one attached hydrogen (secondary N) is 1. The van der Waals surface area contributed by atoms with Gasteiger partial charge in [-0.25, -0.2) is 9.69 Å². The summed E-state index contributed by atoms with van der Waals surface area (Å²) < 4.78 is 5.71. The van der Waals surface area contributed by atoms with E-state index in [4.69, 9.17) is 4.74 Å². The Morgan fingerprint density at radius 3 is 2.28 bits per heavy atom. The minimum Gasteiger partial charge on any atom is -0.457 e. The van der Waals surface area contributed by atoms with Gasteiger partial charge in [0.05, 0.1) is 0 Å². The quantitative estimate of drug-likeness (QED) is 0.550. The maximum absolute atomic E-state index is 12.8. The topological polar surface area (TPSA) is 96.0 Å². The van der Waals surface area contributed by atoms with Gasteiger partial charge in [-0.05, 0) is 55.2 Å². The molecule has 5 amide bonds. The lowest BCUT2D eigenvalue weighted by atomic mass is 9.85. The molecule has 4 rings (SSSR count). The lowest BCUT2D eigenvalue weighted by Gasteiger charge is -2.34. The van der Waals surface area contributed by atoms with Crippen molar-refractivity contribution in [1.82, 2.24) is 9.80 Å². The molecule has 1 saturated heterocycles. The monoisotopic (exact) mass is 435 g/mol. The van der Waals surface area contributed by atoms with Gasteiger partial charge in [0.2, 0.25) is 5.91 Å². The molecule has 0 aromatic heterocycles. The van der Waals surface area contributed by atoms with Crippen LogP contribution in [-0.2, 0) is 14.4 Å². The Kier molecular flexibility index (Phi) is 6.20. The van der Waals surface area contributed by atoms with Crippen LogP contribution >= 0.6 is 0 Å². The first kappa shape index (κ1) is 21.5. The molecule has 0 unspecified atom stereocenters. The van der Waals surface area contributed by atoms with Crippen LogP contribution in [0.1, 0.15) is 32.6 Å². The molecule has 0 radical (unpaired) electrons. The molecule has 0 bridgehead atoms. The van der Waals surface area contributed by atoms with E-state index in [1.807, 2.05) is 37.3 Å². The number of nitrogens with zero attached hydrogens (tertiary/aromatic N) is 2. The Hall–Kier alpha value is -3.68. The predicted molar refractivity (Wildman–Crippen MR) is 117 cm³/mol. The van der Waals surface area contributed by atoms with E-state index in [0.29, 0.717) is 23.6 Å². The third-order valence-electron chi connectivity index (χ3n) is 5.90. The predicted octanol–water partition coefficient (Wildman–Crippen LogP) is 3.79. The SMILES string of the molecule is C[C@@H]1CCCC[C@@H]1N1C(=O)C(=O)N(CC(=O)Nc2ccc(Oc3ccccc3)cc2)C1=O. The van der Waals surface area contributed by atoms with Gasteiger partial charge in [-0.1, -0.05) is 38.0 Å². The summed E-state index contributed by atoms with van der Waals surface area (Å²) in [6.45, 7) is 1.47. The molecule has 2 aliphatic rings. The van der Waals surface area contributed by atoms with Crippen molar-refractivity contribution in [2.24, 2.45) is 5.92 Å². The largest absolute Gasteiger partial charge is 0.457 e. The van der Waals surface area contributed by atoms with E-state index < -0.39 is 30.3 Å². The summed E-state index contributed by atoms with van der Waals surface area (Å²) in [5.41, 5.74) is 0.485. The van der Waals surface area contributed by atoms with E-state index in [1.165, 1.54) is 0 Å². The van der Waals surface area contributed by atoms with Gasteiger partial charge in [-0.3, -0.25) is 19.3 Å². The number of hydrogen-bond donors (Lipinski definition) is 1. The summed E-state index contributed by atoms with van der Waals surface area (Å²) in [7, 11) is 0. The second kappa shape index (κ2) is 9.21. The first-order valence-electron chi connectivity index (χ1n) is 10.8. The molecule has 2 atom stereocenters. The Bertz CT molecular complexity index is 1020. The number of carbonyl (C=O) groups is 4. The third kappa shape index (κ3) is 4.49. The van der Waals surface area contributed by atoms with Crippen molar-refractivity contribution in [3.63, 3.8) is 0 Å². The van der Waals surface area contributed by atoms with E-state index in [-0.39, 0.29) is 12.0 Å². The molecule has 32 heavy (non-hydrogen) atoms. The Labute approximate surface area is 186 Å². The van der Waals surface area contributed by atoms with Crippen LogP contribution in [0.25, 0.3) is 0 Å². The number of carbonyl (C=O) groups excluding carboxylic acids is 4. The second-order valence-electron chi connectivity index (χ2n) is 8.17. The van der Waals surface area contributed by atoms with Crippen LogP contribution in [0.2, 0.25) is 0 Å². The van der Waals surface area contributed by atoms with Crippen molar-refractivity contribution in [2.45, 2.75) is 38.6 Å². The average molecular weight is 435 g/mol. The zero-order chi connectivity index (χ0) is 22.7. The Morgan fingerprint density at radius 1 is 0.938 bits per heavy atom. The van der Waals surface area contributed by atoms with Crippen LogP contribution in [0.4, 0.5) is 10.5 Å². The smallest absolute Gasteiger partial charge is 0.334 e. The molecular weight excluding hydrogens is 410 g/mol. The van der Waals surface area contributed by atoms with Gasteiger partial charge in [-0.2, -0.15) is 0 Å². The molecule has 1 aliphatic carbocycles. The fraction of sp³-hybridized carbons (Fsp3) is 0.333. The normalized spacial score (nSPS) is 21.1. The van der Waals surface area contributed by atoms with E-state index in [1.54, 1.807) is 24.3 Å². The number of anilines is 1. The molecule has 8 nitrogen and oxygen atoms in total. The molecule has 1 aliphatic heterocycles. The van der Waals surface area contributed by atoms with Crippen molar-refractivity contribution >= 4 is 29.4 Å². The molecule has 2 aromatic carbocycles. The fourth-order valence-corrected chi connectivity index (χ4v) is 4.21. The summed E-state index contributed by atoms with van der Waals surface area (Å²) in [4.78, 5) is 51.9. The highest BCUT2D eigenvalue weighted by atomic mass is 16.5. The van der Waals surface area contributed by atoms with Crippen molar-refractivity contribution in [3.8, 4) is 11.5 Å². The maximum atomic E-state index is 12.8. The van der Waals surface area contributed by atoms with E-state index in [2.05, 4.69) is 5.32 Å². The lowest BCUT2D eigenvalue weighted by Crippen LogP contribution is -2.46. The summed E-state index contributed by atoms with van der Waals surface area (Å²) >= 11 is 0. The van der Waals surface area contributed by atoms with Gasteiger partial charge in [0.15, 0.2) is 0 Å². The first-order valence-corrected chi connectivity index (χ1v) is 10.8. The van der Waals surface area contributed by atoms with E-state index in [0.717, 1.165) is 29.1 Å². The first-order chi connectivity index (χ1) is 15.4. The minimum absolute atomic E-state index is 0.134. The fourth-order valence-electron chi connectivity index (χ4n) is 4.21. The second-order valence-corrected chi connectivity index (χ2v) is 8.17. The highest BCUT2D eigenvalue weighted by Gasteiger charge is 2.49. The Morgan fingerprint density at radius 2 is 1.59 bits per heavy atom. The van der Waals surface area contributed by atoms with Crippen molar-refractivity contribution in [2.75, 3.05) is 11.9 Å². The number of hydrogen-bond acceptors (Lipinski definition) is 5. The van der Waals surface area contributed by atoms with Gasteiger partial charge in [0.1, 0.15) is 18.0 Å². The summed E-state index contributed by atoms with van der Waals surface area (Å²) in [5, 5.41) is 2.65. The molecule has 1 heterocycles. The Balaban J connectivity index is 1.36. The summed E-state index contributed by atoms with van der Waals surface area (Å²) in [5.74, 6) is -0.929. The maximum Gasteiger partial charge on any atom is 0.334 e. The van der Waals surface area contributed by atoms with Crippen LogP contribution in [0.5, 0.6) is 11.5 Å². The molecule has 1 saturated carbocycles. The molecular formula is C24H25N3O5. The number of imide groups is 2. The number of rotatable bonds is 6. The van der Waals surface area contributed by atoms with Crippen LogP contribution in [0, 0.1) is 5.92 Å². The van der Waals surface area contributed by atoms with E-state index in [9.17, 15) is 19.2 Å². The molecule has 1 N–H and O–H groups in total. The van der Waals surface area contributed by atoms with Gasteiger partial charge < -0.3 is 10.1 Å². The number of urea groups is 1. The number of ether oxygens (including phenoxy) is 1. The summed E-state index contributed by atoms with van der Waals surface area (Å²) in [6.07, 6.45) is 3.54. The number of amides is 5.